The van der Waals surface area contributed by atoms with Crippen molar-refractivity contribution >= 4 is 22.9 Å². The number of carbonyl (C=O) groups is 1. The third-order valence-electron chi connectivity index (χ3n) is 6.25. The smallest absolute Gasteiger partial charge is 0.407 e. The van der Waals surface area contributed by atoms with Crippen LogP contribution in [0, 0.1) is 5.92 Å². The van der Waals surface area contributed by atoms with Crippen LogP contribution in [0.4, 0.5) is 4.79 Å². The number of nitrogens with zero attached hydrogens (tertiary/aromatic N) is 4. The normalized spacial score (nSPS) is 27.1. The molecule has 3 aromatic heterocycles. The summed E-state index contributed by atoms with van der Waals surface area (Å²) < 4.78 is 13.4. The molecule has 9 nitrogen and oxygen atoms in total. The van der Waals surface area contributed by atoms with Gasteiger partial charge in [0.25, 0.3) is 0 Å². The third-order valence-corrected chi connectivity index (χ3v) is 6.25. The second kappa shape index (κ2) is 7.62. The fraction of sp³-hybridized carbons (Fsp3) is 0.600. The standard InChI is InChI=1S/C20H26N6O3/c1-2-12-8-14(29-20(27)23-10-13-4-3-7-28-13)9-15(12)19-25-24-17-11-22-18-16(26(17)19)5-6-21-18/h5-6,11-15,21H,2-4,7-10H2,1H3,(H,23,27). The molecule has 154 valence electrons. The van der Waals surface area contributed by atoms with Gasteiger partial charge in [0.05, 0.1) is 17.8 Å². The highest BCUT2D eigenvalue weighted by atomic mass is 16.6. The minimum atomic E-state index is -0.357. The van der Waals surface area contributed by atoms with Crippen molar-refractivity contribution in [1.29, 1.82) is 0 Å². The lowest BCUT2D eigenvalue weighted by atomic mass is 9.93. The molecule has 2 aliphatic rings. The zero-order valence-electron chi connectivity index (χ0n) is 16.5. The van der Waals surface area contributed by atoms with Gasteiger partial charge >= 0.3 is 6.09 Å². The highest BCUT2D eigenvalue weighted by molar-refractivity contribution is 5.74. The third kappa shape index (κ3) is 3.43. The highest BCUT2D eigenvalue weighted by Crippen LogP contribution is 2.42. The molecule has 4 atom stereocenters. The Morgan fingerprint density at radius 1 is 1.41 bits per heavy atom. The van der Waals surface area contributed by atoms with E-state index in [1.165, 1.54) is 0 Å². The number of H-pyrrole nitrogens is 1. The molecule has 0 aromatic carbocycles. The van der Waals surface area contributed by atoms with Gasteiger partial charge in [-0.3, -0.25) is 4.40 Å². The molecule has 29 heavy (non-hydrogen) atoms. The molecule has 1 amide bonds. The minimum absolute atomic E-state index is 0.113. The number of amides is 1. The molecule has 1 saturated heterocycles. The lowest BCUT2D eigenvalue weighted by Crippen LogP contribution is -2.34. The van der Waals surface area contributed by atoms with Gasteiger partial charge in [-0.15, -0.1) is 10.2 Å². The second-order valence-corrected chi connectivity index (χ2v) is 8.01. The van der Waals surface area contributed by atoms with Gasteiger partial charge in [0.2, 0.25) is 0 Å². The molecule has 4 unspecified atom stereocenters. The molecule has 1 aliphatic heterocycles. The molecule has 1 aliphatic carbocycles. The molecule has 9 heteroatoms. The van der Waals surface area contributed by atoms with Gasteiger partial charge in [-0.1, -0.05) is 13.3 Å². The van der Waals surface area contributed by atoms with Gasteiger partial charge in [-0.05, 0) is 37.7 Å². The van der Waals surface area contributed by atoms with E-state index in [-0.39, 0.29) is 24.2 Å². The van der Waals surface area contributed by atoms with E-state index in [1.807, 2.05) is 12.3 Å². The zero-order valence-corrected chi connectivity index (χ0v) is 16.5. The summed E-state index contributed by atoms with van der Waals surface area (Å²) in [7, 11) is 0. The predicted molar refractivity (Wildman–Crippen MR) is 106 cm³/mol. The summed E-state index contributed by atoms with van der Waals surface area (Å²) in [4.78, 5) is 19.8. The maximum atomic E-state index is 12.3. The summed E-state index contributed by atoms with van der Waals surface area (Å²) in [5.41, 5.74) is 2.52. The number of nitrogens with one attached hydrogen (secondary N) is 2. The van der Waals surface area contributed by atoms with Crippen molar-refractivity contribution in [1.82, 2.24) is 29.9 Å². The summed E-state index contributed by atoms with van der Waals surface area (Å²) in [6.45, 7) is 3.47. The first-order valence-corrected chi connectivity index (χ1v) is 10.5. The van der Waals surface area contributed by atoms with E-state index >= 15 is 0 Å². The van der Waals surface area contributed by atoms with E-state index in [9.17, 15) is 4.79 Å². The summed E-state index contributed by atoms with van der Waals surface area (Å²) in [5, 5.41) is 11.7. The van der Waals surface area contributed by atoms with Crippen molar-refractivity contribution in [2.75, 3.05) is 13.2 Å². The topological polar surface area (TPSA) is 106 Å². The number of rotatable bonds is 5. The predicted octanol–water partition coefficient (Wildman–Crippen LogP) is 2.78. The van der Waals surface area contributed by atoms with Gasteiger partial charge in [0.15, 0.2) is 11.3 Å². The van der Waals surface area contributed by atoms with Crippen LogP contribution in [0.3, 0.4) is 0 Å². The largest absolute Gasteiger partial charge is 0.446 e. The fourth-order valence-electron chi connectivity index (χ4n) is 4.77. The fourth-order valence-corrected chi connectivity index (χ4v) is 4.77. The van der Waals surface area contributed by atoms with Crippen molar-refractivity contribution in [3.8, 4) is 0 Å². The average molecular weight is 398 g/mol. The Bertz CT molecular complexity index is 1010. The quantitative estimate of drug-likeness (QED) is 0.684. The first-order valence-electron chi connectivity index (χ1n) is 10.5. The van der Waals surface area contributed by atoms with Gasteiger partial charge in [-0.2, -0.15) is 0 Å². The van der Waals surface area contributed by atoms with E-state index in [0.717, 1.165) is 61.3 Å². The molecule has 1 saturated carbocycles. The first kappa shape index (κ1) is 18.4. The maximum Gasteiger partial charge on any atom is 0.407 e. The average Bonchev–Trinajstić information content (AvgIpc) is 3.51. The zero-order chi connectivity index (χ0) is 19.8. The molecule has 2 fully saturated rings. The van der Waals surface area contributed by atoms with E-state index in [2.05, 4.69) is 36.8 Å². The monoisotopic (exact) mass is 398 g/mol. The van der Waals surface area contributed by atoms with E-state index in [4.69, 9.17) is 9.47 Å². The summed E-state index contributed by atoms with van der Waals surface area (Å²) >= 11 is 0. The maximum absolute atomic E-state index is 12.3. The van der Waals surface area contributed by atoms with Crippen LogP contribution in [0.5, 0.6) is 0 Å². The Labute approximate surface area is 168 Å². The van der Waals surface area contributed by atoms with Crippen molar-refractivity contribution in [2.24, 2.45) is 5.92 Å². The Balaban J connectivity index is 1.31. The number of hydrogen-bond acceptors (Lipinski definition) is 6. The Morgan fingerprint density at radius 3 is 3.17 bits per heavy atom. The number of alkyl carbamates (subject to hydrolysis) is 1. The molecule has 4 heterocycles. The number of aromatic nitrogens is 5. The van der Waals surface area contributed by atoms with Gasteiger partial charge in [0, 0.05) is 25.3 Å². The number of carbonyl (C=O) groups excluding carboxylic acids is 1. The SMILES string of the molecule is CCC1CC(OC(=O)NCC2CCCO2)CC1c1nnc2cnc3[nH]ccc3n12. The van der Waals surface area contributed by atoms with Crippen LogP contribution in [0.1, 0.15) is 50.8 Å². The molecule has 0 bridgehead atoms. The van der Waals surface area contributed by atoms with Crippen LogP contribution < -0.4 is 5.32 Å². The molecular formula is C20H26N6O3. The molecular weight excluding hydrogens is 372 g/mol. The Morgan fingerprint density at radius 2 is 2.34 bits per heavy atom. The van der Waals surface area contributed by atoms with Crippen LogP contribution >= 0.6 is 0 Å². The molecule has 2 N–H and O–H groups in total. The van der Waals surface area contributed by atoms with Crippen molar-refractivity contribution in [3.63, 3.8) is 0 Å². The van der Waals surface area contributed by atoms with Crippen LogP contribution in [0.25, 0.3) is 16.8 Å². The Kier molecular flexibility index (Phi) is 4.83. The van der Waals surface area contributed by atoms with Crippen LogP contribution in [0.2, 0.25) is 0 Å². The second-order valence-electron chi connectivity index (χ2n) is 8.01. The molecule has 0 radical (unpaired) electrons. The number of hydrogen-bond donors (Lipinski definition) is 2. The first-order chi connectivity index (χ1) is 14.2. The van der Waals surface area contributed by atoms with Crippen molar-refractivity contribution in [3.05, 3.63) is 24.3 Å². The van der Waals surface area contributed by atoms with Gasteiger partial charge in [0.1, 0.15) is 11.9 Å². The van der Waals surface area contributed by atoms with Crippen LogP contribution in [-0.4, -0.2) is 56.0 Å². The Hall–Kier alpha value is -2.68. The van der Waals surface area contributed by atoms with Gasteiger partial charge in [-0.25, -0.2) is 9.78 Å². The lowest BCUT2D eigenvalue weighted by Gasteiger charge is -2.15. The number of aromatic amines is 1. The number of ether oxygens (including phenoxy) is 2. The highest BCUT2D eigenvalue weighted by Gasteiger charge is 2.39. The molecule has 0 spiro atoms. The van der Waals surface area contributed by atoms with Crippen LogP contribution in [0.15, 0.2) is 18.5 Å². The van der Waals surface area contributed by atoms with Crippen LogP contribution in [-0.2, 0) is 9.47 Å². The summed E-state index contributed by atoms with van der Waals surface area (Å²) in [6.07, 6.45) is 7.88. The minimum Gasteiger partial charge on any atom is -0.446 e. The van der Waals surface area contributed by atoms with E-state index < -0.39 is 0 Å². The molecule has 5 rings (SSSR count). The van der Waals surface area contributed by atoms with Crippen molar-refractivity contribution in [2.45, 2.75) is 57.2 Å². The molecule has 3 aromatic rings. The lowest BCUT2D eigenvalue weighted by molar-refractivity contribution is 0.0825. The van der Waals surface area contributed by atoms with Gasteiger partial charge < -0.3 is 19.8 Å². The summed E-state index contributed by atoms with van der Waals surface area (Å²) in [5.74, 6) is 1.50. The van der Waals surface area contributed by atoms with Crippen molar-refractivity contribution < 1.29 is 14.3 Å². The summed E-state index contributed by atoms with van der Waals surface area (Å²) in [6, 6.07) is 1.99. The van der Waals surface area contributed by atoms with E-state index in [1.54, 1.807) is 6.20 Å². The van der Waals surface area contributed by atoms with E-state index in [0.29, 0.717) is 12.5 Å². The number of fused-ring (bicyclic) bond motifs is 3.